The lowest BCUT2D eigenvalue weighted by atomic mass is 9.97. The van der Waals surface area contributed by atoms with E-state index in [0.29, 0.717) is 26.2 Å². The van der Waals surface area contributed by atoms with Gasteiger partial charge in [-0.2, -0.15) is 29.4 Å². The van der Waals surface area contributed by atoms with E-state index in [2.05, 4.69) is 75.8 Å². The van der Waals surface area contributed by atoms with Crippen LogP contribution in [-0.2, 0) is 20.0 Å². The first kappa shape index (κ1) is 67.9. The fourth-order valence-electron chi connectivity index (χ4n) is 10.5. The average Bonchev–Trinajstić information content (AvgIpc) is 1.47. The third-order valence-corrected chi connectivity index (χ3v) is 19.9. The highest BCUT2D eigenvalue weighted by atomic mass is 32.2. The third kappa shape index (κ3) is 16.7. The number of azo groups is 2. The Hall–Kier alpha value is -6.84. The number of unbranched alkanes of at least 4 members (excludes halogenated alkanes) is 4. The molecule has 0 aliphatic carbocycles. The summed E-state index contributed by atoms with van der Waals surface area (Å²) in [5, 5.41) is 60.9. The summed E-state index contributed by atoms with van der Waals surface area (Å²) >= 11 is 0. The molecule has 84 heavy (non-hydrogen) atoms. The molecule has 18 nitrogen and oxygen atoms in total. The Bertz CT molecular complexity index is 3210. The van der Waals surface area contributed by atoms with Crippen LogP contribution in [0.15, 0.2) is 113 Å². The third-order valence-electron chi connectivity index (χ3n) is 16.2. The summed E-state index contributed by atoms with van der Waals surface area (Å²) in [5.41, 5.74) is -2.24. The summed E-state index contributed by atoms with van der Waals surface area (Å²) < 4.78 is 62.4. The van der Waals surface area contributed by atoms with Crippen LogP contribution in [0.1, 0.15) is 180 Å². The number of aromatic nitrogens is 2. The molecular formula is C64H88N10O8S2. The summed E-state index contributed by atoms with van der Waals surface area (Å²) in [4.78, 5) is 28.0. The lowest BCUT2D eigenvalue weighted by molar-refractivity contribution is 0.270. The Morgan fingerprint density at radius 1 is 0.464 bits per heavy atom. The molecule has 0 saturated carbocycles. The Morgan fingerprint density at radius 3 is 0.976 bits per heavy atom. The van der Waals surface area contributed by atoms with Crippen LogP contribution in [-0.4, -0.2) is 71.0 Å². The molecule has 20 heteroatoms. The first-order valence-electron chi connectivity index (χ1n) is 30.2. The maximum Gasteiger partial charge on any atom is 0.276 e. The van der Waals surface area contributed by atoms with Crippen LogP contribution >= 0.6 is 0 Å². The van der Waals surface area contributed by atoms with Gasteiger partial charge in [-0.05, 0) is 136 Å². The highest BCUT2D eigenvalue weighted by Gasteiger charge is 2.31. The van der Waals surface area contributed by atoms with Crippen molar-refractivity contribution in [3.63, 3.8) is 0 Å². The van der Waals surface area contributed by atoms with Gasteiger partial charge in [0, 0.05) is 37.3 Å². The van der Waals surface area contributed by atoms with E-state index in [1.165, 1.54) is 86.6 Å². The molecule has 0 radical (unpaired) electrons. The van der Waals surface area contributed by atoms with Crippen LogP contribution in [0.25, 0.3) is 11.4 Å². The topological polar surface area (TPSA) is 256 Å². The molecule has 0 amide bonds. The average molecular weight is 1190 g/mol. The van der Waals surface area contributed by atoms with Gasteiger partial charge in [0.05, 0.1) is 32.5 Å². The minimum Gasteiger partial charge on any atom is -0.493 e. The van der Waals surface area contributed by atoms with Crippen LogP contribution < -0.4 is 11.1 Å². The molecule has 2 heterocycles. The van der Waals surface area contributed by atoms with E-state index in [1.807, 2.05) is 12.1 Å². The number of nitriles is 2. The maximum absolute atomic E-state index is 14.3. The quantitative estimate of drug-likeness (QED) is 0.0368. The van der Waals surface area contributed by atoms with E-state index in [4.69, 9.17) is 0 Å². The van der Waals surface area contributed by atoms with E-state index >= 15 is 0 Å². The molecule has 2 aromatic heterocycles. The number of hydrogen-bond donors (Lipinski definition) is 2. The molecular weight excluding hydrogens is 1100 g/mol. The standard InChI is InChI=1S/C64H88N10O8S2/c1-11-19-23-47(15-5)41-71(42-48(16-6)24-20-12-2)83(79,80)55-35-27-51(28-36-55)67-69-59-45(9)57(39-65)61(75)73(63(59)77)53-31-33-54(34-32-53)74-62(76)58(40-66)46(10)60(64(74)78)70-68-52-29-37-56(38-30-52)84(81,82)72(43-49(17-7)25-21-13-3)44-50(18-8)26-22-14-4/h27-38,47-50,77-78H,11-26,41-44H2,1-10H3. The second kappa shape index (κ2) is 32.4. The molecule has 5 rings (SSSR count). The SMILES string of the molecule is CCCCC(CC)CN(CC(CC)CCCC)S(=O)(=O)c1ccc(N=Nc2c(C)c(C#N)c(=O)n(-c3ccc(-n4c(O)c(N=Nc5ccc(S(=O)(=O)N(CC(CC)CCCC)CC(CC)CCCC)cc5)c(C)c(C#N)c4=O)cc3)c2O)cc1. The summed E-state index contributed by atoms with van der Waals surface area (Å²) in [6.07, 6.45) is 15.4. The molecule has 4 atom stereocenters. The largest absolute Gasteiger partial charge is 0.493 e. The number of aromatic hydroxyl groups is 2. The van der Waals surface area contributed by atoms with Crippen molar-refractivity contribution >= 4 is 42.8 Å². The smallest absolute Gasteiger partial charge is 0.276 e. The summed E-state index contributed by atoms with van der Waals surface area (Å²) in [7, 11) is -7.80. The zero-order valence-corrected chi connectivity index (χ0v) is 52.6. The lowest BCUT2D eigenvalue weighted by Gasteiger charge is -2.30. The zero-order valence-electron chi connectivity index (χ0n) is 51.0. The van der Waals surface area contributed by atoms with Crippen molar-refractivity contribution in [2.45, 2.75) is 182 Å². The highest BCUT2D eigenvalue weighted by Crippen LogP contribution is 2.37. The molecule has 4 unspecified atom stereocenters. The van der Waals surface area contributed by atoms with Gasteiger partial charge in [-0.15, -0.1) is 10.2 Å². The van der Waals surface area contributed by atoms with Gasteiger partial charge in [0.25, 0.3) is 11.1 Å². The van der Waals surface area contributed by atoms with Gasteiger partial charge in [-0.1, -0.05) is 132 Å². The second-order valence-electron chi connectivity index (χ2n) is 22.1. The molecule has 0 spiro atoms. The van der Waals surface area contributed by atoms with Crippen LogP contribution in [0.4, 0.5) is 22.7 Å². The van der Waals surface area contributed by atoms with Gasteiger partial charge in [-0.3, -0.25) is 9.59 Å². The minimum absolute atomic E-state index is 0.0327. The van der Waals surface area contributed by atoms with Crippen LogP contribution in [0.5, 0.6) is 11.8 Å². The lowest BCUT2D eigenvalue weighted by Crippen LogP contribution is -2.39. The molecule has 0 bridgehead atoms. The maximum atomic E-state index is 14.3. The summed E-state index contributed by atoms with van der Waals surface area (Å²) in [6.45, 7) is 21.5. The van der Waals surface area contributed by atoms with Crippen molar-refractivity contribution in [3.05, 3.63) is 116 Å². The number of sulfonamides is 2. The van der Waals surface area contributed by atoms with E-state index in [9.17, 15) is 47.2 Å². The van der Waals surface area contributed by atoms with Crippen molar-refractivity contribution in [1.29, 1.82) is 10.5 Å². The van der Waals surface area contributed by atoms with Crippen molar-refractivity contribution in [1.82, 2.24) is 17.7 Å². The Balaban J connectivity index is 1.46. The monoisotopic (exact) mass is 1190 g/mol. The number of benzene rings is 3. The van der Waals surface area contributed by atoms with Gasteiger partial charge < -0.3 is 10.2 Å². The molecule has 0 saturated heterocycles. The first-order chi connectivity index (χ1) is 40.2. The Kier molecular flexibility index (Phi) is 26.2. The van der Waals surface area contributed by atoms with Crippen molar-refractivity contribution < 1.29 is 27.0 Å². The molecule has 0 aliphatic rings. The van der Waals surface area contributed by atoms with Gasteiger partial charge in [0.2, 0.25) is 31.8 Å². The number of rotatable bonds is 34. The molecule has 2 N–H and O–H groups in total. The van der Waals surface area contributed by atoms with Crippen LogP contribution in [0.2, 0.25) is 0 Å². The van der Waals surface area contributed by atoms with Gasteiger partial charge in [-0.25, -0.2) is 26.0 Å². The first-order valence-corrected chi connectivity index (χ1v) is 33.0. The Morgan fingerprint density at radius 2 is 0.738 bits per heavy atom. The second-order valence-corrected chi connectivity index (χ2v) is 25.9. The van der Waals surface area contributed by atoms with Gasteiger partial charge >= 0.3 is 0 Å². The zero-order chi connectivity index (χ0) is 61.7. The van der Waals surface area contributed by atoms with Crippen LogP contribution in [0.3, 0.4) is 0 Å². The number of pyridine rings is 2. The fourth-order valence-corrected chi connectivity index (χ4v) is 13.7. The van der Waals surface area contributed by atoms with Crippen molar-refractivity contribution in [3.8, 4) is 35.3 Å². The van der Waals surface area contributed by atoms with Crippen molar-refractivity contribution in [2.24, 2.45) is 44.1 Å². The summed E-state index contributed by atoms with van der Waals surface area (Å²) in [5.74, 6) is -0.458. The molecule has 454 valence electrons. The predicted molar refractivity (Wildman–Crippen MR) is 332 cm³/mol. The number of hydrogen-bond acceptors (Lipinski definition) is 14. The molecule has 0 fully saturated rings. The molecule has 0 aliphatic heterocycles. The van der Waals surface area contributed by atoms with Gasteiger partial charge in [0.1, 0.15) is 23.3 Å². The van der Waals surface area contributed by atoms with E-state index in [-0.39, 0.29) is 89.8 Å². The van der Waals surface area contributed by atoms with E-state index in [0.717, 1.165) is 112 Å². The van der Waals surface area contributed by atoms with Crippen molar-refractivity contribution in [2.75, 3.05) is 26.2 Å². The Labute approximate surface area is 498 Å². The minimum atomic E-state index is -3.90. The fraction of sp³-hybridized carbons (Fsp3) is 0.531. The summed E-state index contributed by atoms with van der Waals surface area (Å²) in [6, 6.07) is 21.1. The van der Waals surface area contributed by atoms with E-state index in [1.54, 1.807) is 8.61 Å². The predicted octanol–water partition coefficient (Wildman–Crippen LogP) is 15.4. The van der Waals surface area contributed by atoms with Crippen LogP contribution in [0, 0.1) is 60.2 Å². The highest BCUT2D eigenvalue weighted by molar-refractivity contribution is 7.89. The van der Waals surface area contributed by atoms with E-state index < -0.39 is 42.9 Å². The normalized spacial score (nSPS) is 13.6. The molecule has 3 aromatic carbocycles. The molecule has 5 aromatic rings. The number of nitrogens with zero attached hydrogens (tertiary/aromatic N) is 10. The van der Waals surface area contributed by atoms with Gasteiger partial charge in [0.15, 0.2) is 11.4 Å².